The first-order valence-electron chi connectivity index (χ1n) is 6.45. The van der Waals surface area contributed by atoms with Crippen molar-refractivity contribution in [1.82, 2.24) is 4.90 Å². The summed E-state index contributed by atoms with van der Waals surface area (Å²) in [5.74, 6) is 0.538. The lowest BCUT2D eigenvalue weighted by Crippen LogP contribution is -2.39. The summed E-state index contributed by atoms with van der Waals surface area (Å²) in [7, 11) is 0. The van der Waals surface area contributed by atoms with E-state index < -0.39 is 5.60 Å². The van der Waals surface area contributed by atoms with Gasteiger partial charge in [0.25, 0.3) is 0 Å². The van der Waals surface area contributed by atoms with Gasteiger partial charge in [0.2, 0.25) is 0 Å². The van der Waals surface area contributed by atoms with Crippen molar-refractivity contribution in [2.24, 2.45) is 5.92 Å². The Bertz CT molecular complexity index is 326. The van der Waals surface area contributed by atoms with Gasteiger partial charge in [-0.2, -0.15) is 0 Å². The Hall–Kier alpha value is -1.32. The minimum Gasteiger partial charge on any atom is -0.444 e. The van der Waals surface area contributed by atoms with Crippen molar-refractivity contribution < 1.29 is 14.3 Å². The van der Waals surface area contributed by atoms with Gasteiger partial charge in [-0.3, -0.25) is 4.79 Å². The van der Waals surface area contributed by atoms with Crippen molar-refractivity contribution >= 4 is 11.9 Å². The molecule has 0 aromatic rings. The molecule has 0 heterocycles. The van der Waals surface area contributed by atoms with Crippen LogP contribution in [0.2, 0.25) is 0 Å². The second kappa shape index (κ2) is 6.03. The van der Waals surface area contributed by atoms with Gasteiger partial charge >= 0.3 is 6.09 Å². The number of hydrogen-bond acceptors (Lipinski definition) is 3. The van der Waals surface area contributed by atoms with Crippen LogP contribution >= 0.6 is 0 Å². The average Bonchev–Trinajstić information content (AvgIpc) is 3.04. The number of nitrogens with zero attached hydrogens (tertiary/aromatic N) is 1. The fourth-order valence-electron chi connectivity index (χ4n) is 1.54. The first-order valence-corrected chi connectivity index (χ1v) is 6.45. The van der Waals surface area contributed by atoms with Crippen LogP contribution in [0.3, 0.4) is 0 Å². The molecule has 1 amide bonds. The third kappa shape index (κ3) is 5.84. The normalized spacial score (nSPS) is 15.1. The number of rotatable bonds is 6. The topological polar surface area (TPSA) is 46.6 Å². The van der Waals surface area contributed by atoms with Crippen molar-refractivity contribution in [2.45, 2.75) is 45.6 Å². The number of carbonyl (C=O) groups excluding carboxylic acids is 2. The van der Waals surface area contributed by atoms with Gasteiger partial charge in [0, 0.05) is 19.5 Å². The number of ether oxygens (including phenoxy) is 1. The van der Waals surface area contributed by atoms with Crippen LogP contribution in [-0.4, -0.2) is 35.5 Å². The second-order valence-electron chi connectivity index (χ2n) is 5.79. The van der Waals surface area contributed by atoms with Gasteiger partial charge in [0.1, 0.15) is 5.60 Å². The minimum absolute atomic E-state index is 0.0423. The van der Waals surface area contributed by atoms with E-state index in [-0.39, 0.29) is 11.9 Å². The molecule has 0 aromatic carbocycles. The van der Waals surface area contributed by atoms with Gasteiger partial charge in [-0.1, -0.05) is 6.58 Å². The van der Waals surface area contributed by atoms with Crippen molar-refractivity contribution in [2.75, 3.05) is 13.1 Å². The summed E-state index contributed by atoms with van der Waals surface area (Å²) in [6, 6.07) is 0. The number of ketones is 1. The lowest BCUT2D eigenvalue weighted by molar-refractivity contribution is -0.114. The molecule has 0 aromatic heterocycles. The Morgan fingerprint density at radius 1 is 1.39 bits per heavy atom. The van der Waals surface area contributed by atoms with Crippen molar-refractivity contribution in [1.29, 1.82) is 0 Å². The molecule has 0 N–H and O–H groups in total. The van der Waals surface area contributed by atoms with Crippen LogP contribution in [0.4, 0.5) is 4.79 Å². The molecule has 1 fully saturated rings. The van der Waals surface area contributed by atoms with E-state index in [1.165, 1.54) is 6.08 Å². The standard InChI is InChI=1S/C14H23NO3/c1-5-12(16)8-9-15(10-11-6-7-11)13(17)18-14(2,3)4/h5,11H,1,6-10H2,2-4H3. The van der Waals surface area contributed by atoms with Crippen molar-refractivity contribution in [3.05, 3.63) is 12.7 Å². The summed E-state index contributed by atoms with van der Waals surface area (Å²) in [5.41, 5.74) is -0.499. The largest absolute Gasteiger partial charge is 0.444 e. The molecule has 0 saturated heterocycles. The van der Waals surface area contributed by atoms with Crippen LogP contribution in [-0.2, 0) is 9.53 Å². The summed E-state index contributed by atoms with van der Waals surface area (Å²) in [6.45, 7) is 10.1. The first kappa shape index (κ1) is 14.7. The molecular weight excluding hydrogens is 230 g/mol. The third-order valence-electron chi connectivity index (χ3n) is 2.68. The first-order chi connectivity index (χ1) is 8.31. The maximum atomic E-state index is 12.0. The maximum Gasteiger partial charge on any atom is 0.410 e. The molecule has 1 aliphatic carbocycles. The van der Waals surface area contributed by atoms with Crippen LogP contribution < -0.4 is 0 Å². The molecule has 1 rings (SSSR count). The molecule has 18 heavy (non-hydrogen) atoms. The summed E-state index contributed by atoms with van der Waals surface area (Å²) >= 11 is 0. The Morgan fingerprint density at radius 2 is 2.00 bits per heavy atom. The van der Waals surface area contributed by atoms with Gasteiger partial charge in [0.05, 0.1) is 0 Å². The van der Waals surface area contributed by atoms with Crippen LogP contribution in [0, 0.1) is 5.92 Å². The minimum atomic E-state index is -0.499. The van der Waals surface area contributed by atoms with E-state index in [1.54, 1.807) is 4.90 Å². The summed E-state index contributed by atoms with van der Waals surface area (Å²) in [6.07, 6.45) is 3.61. The molecule has 4 nitrogen and oxygen atoms in total. The highest BCUT2D eigenvalue weighted by Crippen LogP contribution is 2.30. The summed E-state index contributed by atoms with van der Waals surface area (Å²) in [5, 5.41) is 0. The lowest BCUT2D eigenvalue weighted by Gasteiger charge is -2.27. The molecule has 0 bridgehead atoms. The molecule has 1 aliphatic rings. The predicted octanol–water partition coefficient (Wildman–Crippen LogP) is 2.78. The fourth-order valence-corrected chi connectivity index (χ4v) is 1.54. The van der Waals surface area contributed by atoms with E-state index in [9.17, 15) is 9.59 Å². The van der Waals surface area contributed by atoms with Crippen LogP contribution in [0.5, 0.6) is 0 Å². The summed E-state index contributed by atoms with van der Waals surface area (Å²) < 4.78 is 5.34. The molecular formula is C14H23NO3. The number of allylic oxidation sites excluding steroid dienone is 1. The SMILES string of the molecule is C=CC(=O)CCN(CC1CC1)C(=O)OC(C)(C)C. The van der Waals surface area contributed by atoms with Crippen LogP contribution in [0.15, 0.2) is 12.7 Å². The van der Waals surface area contributed by atoms with Gasteiger partial charge < -0.3 is 9.64 Å². The van der Waals surface area contributed by atoms with E-state index in [1.807, 2.05) is 20.8 Å². The van der Waals surface area contributed by atoms with Crippen molar-refractivity contribution in [3.8, 4) is 0 Å². The van der Waals surface area contributed by atoms with Gasteiger partial charge in [-0.25, -0.2) is 4.79 Å². The molecule has 1 saturated carbocycles. The Kier molecular flexibility index (Phi) is 4.93. The highest BCUT2D eigenvalue weighted by atomic mass is 16.6. The van der Waals surface area contributed by atoms with Gasteiger partial charge in [-0.15, -0.1) is 0 Å². The molecule has 0 atom stereocenters. The molecule has 0 unspecified atom stereocenters. The molecule has 0 spiro atoms. The lowest BCUT2D eigenvalue weighted by atomic mass is 10.2. The zero-order valence-corrected chi connectivity index (χ0v) is 11.6. The van der Waals surface area contributed by atoms with Gasteiger partial charge in [-0.05, 0) is 45.6 Å². The third-order valence-corrected chi connectivity index (χ3v) is 2.68. The van der Waals surface area contributed by atoms with Crippen molar-refractivity contribution in [3.63, 3.8) is 0 Å². The number of hydrogen-bond donors (Lipinski definition) is 0. The average molecular weight is 253 g/mol. The van der Waals surface area contributed by atoms with E-state index in [2.05, 4.69) is 6.58 Å². The van der Waals surface area contributed by atoms with Crippen LogP contribution in [0.25, 0.3) is 0 Å². The zero-order valence-electron chi connectivity index (χ0n) is 11.6. The second-order valence-corrected chi connectivity index (χ2v) is 5.79. The number of carbonyl (C=O) groups is 2. The number of amides is 1. The van der Waals surface area contributed by atoms with E-state index in [0.717, 1.165) is 12.8 Å². The van der Waals surface area contributed by atoms with Gasteiger partial charge in [0.15, 0.2) is 5.78 Å². The predicted molar refractivity (Wildman–Crippen MR) is 70.4 cm³/mol. The van der Waals surface area contributed by atoms with E-state index >= 15 is 0 Å². The monoisotopic (exact) mass is 253 g/mol. The highest BCUT2D eigenvalue weighted by molar-refractivity contribution is 5.89. The molecule has 102 valence electrons. The molecule has 0 radical (unpaired) electrons. The smallest absolute Gasteiger partial charge is 0.410 e. The Balaban J connectivity index is 2.50. The van der Waals surface area contributed by atoms with E-state index in [4.69, 9.17) is 4.74 Å². The Labute approximate surface area is 109 Å². The fraction of sp³-hybridized carbons (Fsp3) is 0.714. The highest BCUT2D eigenvalue weighted by Gasteiger charge is 2.29. The molecule has 0 aliphatic heterocycles. The van der Waals surface area contributed by atoms with E-state index in [0.29, 0.717) is 25.4 Å². The molecule has 4 heteroatoms. The zero-order chi connectivity index (χ0) is 13.8. The van der Waals surface area contributed by atoms with Crippen LogP contribution in [0.1, 0.15) is 40.0 Å². The summed E-state index contributed by atoms with van der Waals surface area (Å²) in [4.78, 5) is 24.9. The quantitative estimate of drug-likeness (QED) is 0.684. The Morgan fingerprint density at radius 3 is 2.44 bits per heavy atom. The maximum absolute atomic E-state index is 12.0.